The van der Waals surface area contributed by atoms with Gasteiger partial charge in [0.2, 0.25) is 0 Å². The maximum atomic E-state index is 11.8. The predicted molar refractivity (Wildman–Crippen MR) is 63.5 cm³/mol. The van der Waals surface area contributed by atoms with Gasteiger partial charge in [0.25, 0.3) is 0 Å². The lowest BCUT2D eigenvalue weighted by atomic mass is 9.72. The van der Waals surface area contributed by atoms with Crippen molar-refractivity contribution in [1.29, 1.82) is 0 Å². The summed E-state index contributed by atoms with van der Waals surface area (Å²) in [6.45, 7) is 5.99. The number of hydrogen-bond donors (Lipinski definition) is 1. The van der Waals surface area contributed by atoms with Crippen molar-refractivity contribution in [2.45, 2.75) is 39.2 Å². The van der Waals surface area contributed by atoms with E-state index in [1.54, 1.807) is 0 Å². The number of benzene rings is 1. The first-order chi connectivity index (χ1) is 7.45. The highest BCUT2D eigenvalue weighted by Crippen LogP contribution is 2.40. The molecule has 1 aliphatic rings. The van der Waals surface area contributed by atoms with Crippen LogP contribution in [0.15, 0.2) is 18.2 Å². The molecule has 1 aliphatic carbocycles. The summed E-state index contributed by atoms with van der Waals surface area (Å²) >= 11 is 0. The largest absolute Gasteiger partial charge is 0.385 e. The Morgan fingerprint density at radius 2 is 2.06 bits per heavy atom. The Morgan fingerprint density at radius 1 is 1.38 bits per heavy atom. The minimum atomic E-state index is -0.838. The first-order valence-electron chi connectivity index (χ1n) is 5.82. The molecule has 1 aromatic rings. The van der Waals surface area contributed by atoms with Crippen molar-refractivity contribution < 1.29 is 9.90 Å². The molecular weight excluding hydrogens is 200 g/mol. The van der Waals surface area contributed by atoms with Gasteiger partial charge in [-0.15, -0.1) is 0 Å². The fourth-order valence-electron chi connectivity index (χ4n) is 2.43. The Balaban J connectivity index is 2.63. The van der Waals surface area contributed by atoms with Gasteiger partial charge in [0.05, 0.1) is 5.60 Å². The van der Waals surface area contributed by atoms with Crippen LogP contribution in [0, 0.1) is 12.8 Å². The Morgan fingerprint density at radius 3 is 2.69 bits per heavy atom. The van der Waals surface area contributed by atoms with Crippen LogP contribution in [0.3, 0.4) is 0 Å². The van der Waals surface area contributed by atoms with Crippen molar-refractivity contribution in [3.63, 3.8) is 0 Å². The van der Waals surface area contributed by atoms with Crippen LogP contribution in [0.2, 0.25) is 0 Å². The van der Waals surface area contributed by atoms with Gasteiger partial charge < -0.3 is 5.11 Å². The van der Waals surface area contributed by atoms with Crippen LogP contribution in [0.25, 0.3) is 0 Å². The third kappa shape index (κ3) is 1.57. The van der Waals surface area contributed by atoms with Crippen molar-refractivity contribution in [1.82, 2.24) is 0 Å². The number of carbonyl (C=O) groups is 1. The molecule has 0 aliphatic heterocycles. The second-order valence-corrected chi connectivity index (χ2v) is 5.05. The van der Waals surface area contributed by atoms with E-state index >= 15 is 0 Å². The lowest BCUT2D eigenvalue weighted by Gasteiger charge is -2.37. The molecule has 0 saturated carbocycles. The van der Waals surface area contributed by atoms with Crippen LogP contribution in [0.1, 0.15) is 48.2 Å². The number of hydrogen-bond acceptors (Lipinski definition) is 2. The quantitative estimate of drug-likeness (QED) is 0.787. The number of carbonyl (C=O) groups excluding carboxylic acids is 1. The Kier molecular flexibility index (Phi) is 2.62. The number of Topliss-reactive ketones (excluding diaryl/α,β-unsaturated/α-hetero) is 1. The van der Waals surface area contributed by atoms with E-state index in [1.807, 2.05) is 39.0 Å². The monoisotopic (exact) mass is 218 g/mol. The Labute approximate surface area is 96.3 Å². The molecule has 0 amide bonds. The van der Waals surface area contributed by atoms with Crippen LogP contribution in [0.5, 0.6) is 0 Å². The predicted octanol–water partition coefficient (Wildman–Crippen LogP) is 2.82. The summed E-state index contributed by atoms with van der Waals surface area (Å²) in [7, 11) is 0. The highest BCUT2D eigenvalue weighted by atomic mass is 16.3. The standard InChI is InChI=1S/C14H18O2/c1-9(2)14(16)7-6-13(15)11-5-4-10(3)8-12(11)14/h4-5,8-9,16H,6-7H2,1-3H3/t14-/m0/s1. The molecule has 0 unspecified atom stereocenters. The Hall–Kier alpha value is -1.15. The average molecular weight is 218 g/mol. The molecule has 2 nitrogen and oxygen atoms in total. The van der Waals surface area contributed by atoms with Crippen molar-refractivity contribution in [2.75, 3.05) is 0 Å². The molecule has 2 heteroatoms. The van der Waals surface area contributed by atoms with Crippen molar-refractivity contribution >= 4 is 5.78 Å². The van der Waals surface area contributed by atoms with Gasteiger partial charge >= 0.3 is 0 Å². The van der Waals surface area contributed by atoms with Crippen LogP contribution in [0.4, 0.5) is 0 Å². The third-order valence-electron chi connectivity index (χ3n) is 3.63. The molecule has 16 heavy (non-hydrogen) atoms. The van der Waals surface area contributed by atoms with E-state index in [0.29, 0.717) is 18.4 Å². The summed E-state index contributed by atoms with van der Waals surface area (Å²) < 4.78 is 0. The maximum absolute atomic E-state index is 11.8. The van der Waals surface area contributed by atoms with Gasteiger partial charge in [-0.3, -0.25) is 4.79 Å². The van der Waals surface area contributed by atoms with E-state index in [-0.39, 0.29) is 11.7 Å². The lowest BCUT2D eigenvalue weighted by Crippen LogP contribution is -2.37. The van der Waals surface area contributed by atoms with E-state index < -0.39 is 5.60 Å². The average Bonchev–Trinajstić information content (AvgIpc) is 2.23. The molecule has 0 radical (unpaired) electrons. The number of fused-ring (bicyclic) bond motifs is 1. The first-order valence-corrected chi connectivity index (χ1v) is 5.82. The van der Waals surface area contributed by atoms with Crippen LogP contribution in [-0.2, 0) is 5.60 Å². The minimum Gasteiger partial charge on any atom is -0.385 e. The number of ketones is 1. The second kappa shape index (κ2) is 3.70. The summed E-state index contributed by atoms with van der Waals surface area (Å²) in [6, 6.07) is 5.73. The van der Waals surface area contributed by atoms with Gasteiger partial charge in [0, 0.05) is 12.0 Å². The molecule has 0 aromatic heterocycles. The summed E-state index contributed by atoms with van der Waals surface area (Å²) in [5, 5.41) is 10.7. The molecule has 1 aromatic carbocycles. The van der Waals surface area contributed by atoms with E-state index in [9.17, 15) is 9.90 Å². The van der Waals surface area contributed by atoms with E-state index in [1.165, 1.54) is 0 Å². The van der Waals surface area contributed by atoms with Gasteiger partial charge in [-0.1, -0.05) is 37.6 Å². The minimum absolute atomic E-state index is 0.126. The zero-order valence-corrected chi connectivity index (χ0v) is 10.1. The van der Waals surface area contributed by atoms with Crippen molar-refractivity contribution in [3.8, 4) is 0 Å². The summed E-state index contributed by atoms with van der Waals surface area (Å²) in [5.74, 6) is 0.279. The van der Waals surface area contributed by atoms with Crippen LogP contribution < -0.4 is 0 Å². The van der Waals surface area contributed by atoms with E-state index in [0.717, 1.165) is 11.1 Å². The first kappa shape index (κ1) is 11.3. The van der Waals surface area contributed by atoms with Gasteiger partial charge in [-0.05, 0) is 24.8 Å². The summed E-state index contributed by atoms with van der Waals surface area (Å²) in [5.41, 5.74) is 1.77. The zero-order valence-electron chi connectivity index (χ0n) is 10.1. The molecule has 1 N–H and O–H groups in total. The second-order valence-electron chi connectivity index (χ2n) is 5.05. The fraction of sp³-hybridized carbons (Fsp3) is 0.500. The fourth-order valence-corrected chi connectivity index (χ4v) is 2.43. The van der Waals surface area contributed by atoms with Gasteiger partial charge in [-0.25, -0.2) is 0 Å². The lowest BCUT2D eigenvalue weighted by molar-refractivity contribution is -0.0236. The van der Waals surface area contributed by atoms with Gasteiger partial charge in [-0.2, -0.15) is 0 Å². The molecule has 2 rings (SSSR count). The highest BCUT2D eigenvalue weighted by molar-refractivity contribution is 5.99. The topological polar surface area (TPSA) is 37.3 Å². The summed E-state index contributed by atoms with van der Waals surface area (Å²) in [4.78, 5) is 11.8. The SMILES string of the molecule is Cc1ccc2c(c1)[C@@](O)(C(C)C)CCC2=O. The number of aryl methyl sites for hydroxylation is 1. The smallest absolute Gasteiger partial charge is 0.163 e. The van der Waals surface area contributed by atoms with Gasteiger partial charge in [0.15, 0.2) is 5.78 Å². The van der Waals surface area contributed by atoms with E-state index in [2.05, 4.69) is 0 Å². The molecule has 0 spiro atoms. The molecule has 0 saturated heterocycles. The number of aliphatic hydroxyl groups is 1. The normalized spacial score (nSPS) is 24.7. The van der Waals surface area contributed by atoms with Gasteiger partial charge in [0.1, 0.15) is 0 Å². The molecule has 0 fully saturated rings. The molecule has 0 bridgehead atoms. The Bertz CT molecular complexity index is 434. The van der Waals surface area contributed by atoms with Crippen LogP contribution in [-0.4, -0.2) is 10.9 Å². The molecule has 1 atom stereocenters. The highest BCUT2D eigenvalue weighted by Gasteiger charge is 2.39. The van der Waals surface area contributed by atoms with Crippen molar-refractivity contribution in [3.05, 3.63) is 34.9 Å². The molecule has 86 valence electrons. The van der Waals surface area contributed by atoms with Crippen molar-refractivity contribution in [2.24, 2.45) is 5.92 Å². The number of rotatable bonds is 1. The van der Waals surface area contributed by atoms with E-state index in [4.69, 9.17) is 0 Å². The third-order valence-corrected chi connectivity index (χ3v) is 3.63. The molecular formula is C14H18O2. The molecule has 0 heterocycles. The van der Waals surface area contributed by atoms with Crippen LogP contribution >= 0.6 is 0 Å². The summed E-state index contributed by atoms with van der Waals surface area (Å²) in [6.07, 6.45) is 0.991. The maximum Gasteiger partial charge on any atom is 0.163 e. The zero-order chi connectivity index (χ0) is 11.9.